The molecule has 9 atom stereocenters. The van der Waals surface area contributed by atoms with Gasteiger partial charge in [0.2, 0.25) is 5.79 Å². The Morgan fingerprint density at radius 1 is 1.04 bits per heavy atom. The van der Waals surface area contributed by atoms with Crippen LogP contribution in [0.1, 0.15) is 119 Å². The monoisotopic (exact) mass is 705 g/mol. The largest absolute Gasteiger partial charge is 0.456 e. The zero-order valence-corrected chi connectivity index (χ0v) is 31.7. The summed E-state index contributed by atoms with van der Waals surface area (Å²) in [5.41, 5.74) is 1.78. The minimum Gasteiger partial charge on any atom is -0.456 e. The van der Waals surface area contributed by atoms with Crippen LogP contribution in [0, 0.1) is 17.8 Å². The lowest BCUT2D eigenvalue weighted by molar-refractivity contribution is -0.302. The number of rotatable bonds is 7. The maximum atomic E-state index is 14.0. The van der Waals surface area contributed by atoms with Crippen molar-refractivity contribution >= 4 is 23.4 Å². The number of cyclic esters (lactones) is 1. The lowest BCUT2D eigenvalue weighted by atomic mass is 9.83. The first-order valence-electron chi connectivity index (χ1n) is 18.8. The van der Waals surface area contributed by atoms with E-state index in [9.17, 15) is 29.4 Å². The van der Waals surface area contributed by atoms with E-state index in [4.69, 9.17) is 18.9 Å². The molecule has 0 aromatic carbocycles. The minimum absolute atomic E-state index is 0.0181. The number of hydrogen-bond donors (Lipinski definition) is 2. The first-order chi connectivity index (χ1) is 23.7. The van der Waals surface area contributed by atoms with Crippen LogP contribution in [-0.2, 0) is 38.1 Å². The van der Waals surface area contributed by atoms with Crippen molar-refractivity contribution in [2.45, 2.75) is 161 Å². The number of carbonyl (C=O) groups excluding carboxylic acids is 4. The highest BCUT2D eigenvalue weighted by atomic mass is 16.7. The molecule has 11 heteroatoms. The van der Waals surface area contributed by atoms with Gasteiger partial charge in [-0.2, -0.15) is 0 Å². The second-order valence-corrected chi connectivity index (χ2v) is 14.7. The summed E-state index contributed by atoms with van der Waals surface area (Å²) in [7, 11) is 3.07. The van der Waals surface area contributed by atoms with E-state index < -0.39 is 65.9 Å². The van der Waals surface area contributed by atoms with Gasteiger partial charge in [0.1, 0.15) is 24.0 Å². The van der Waals surface area contributed by atoms with Crippen molar-refractivity contribution < 1.29 is 48.3 Å². The molecule has 0 aliphatic carbocycles. The lowest BCUT2D eigenvalue weighted by Crippen LogP contribution is -2.64. The van der Waals surface area contributed by atoms with Gasteiger partial charge >= 0.3 is 5.97 Å². The molecule has 0 spiro atoms. The molecular weight excluding hydrogens is 642 g/mol. The van der Waals surface area contributed by atoms with Crippen molar-refractivity contribution in [1.29, 1.82) is 0 Å². The van der Waals surface area contributed by atoms with Crippen LogP contribution in [0.4, 0.5) is 0 Å². The summed E-state index contributed by atoms with van der Waals surface area (Å²) < 4.78 is 23.8. The predicted molar refractivity (Wildman–Crippen MR) is 189 cm³/mol. The molecule has 3 aliphatic rings. The van der Waals surface area contributed by atoms with E-state index in [1.807, 2.05) is 26.8 Å². The Kier molecular flexibility index (Phi) is 16.3. The summed E-state index contributed by atoms with van der Waals surface area (Å²) in [6.07, 6.45) is 6.06. The molecule has 3 rings (SSSR count). The van der Waals surface area contributed by atoms with Crippen LogP contribution in [0.15, 0.2) is 23.3 Å². The van der Waals surface area contributed by atoms with Crippen molar-refractivity contribution in [2.75, 3.05) is 20.8 Å². The molecular formula is C39H63NO10. The zero-order valence-electron chi connectivity index (χ0n) is 31.7. The van der Waals surface area contributed by atoms with Gasteiger partial charge in [-0.3, -0.25) is 14.4 Å². The van der Waals surface area contributed by atoms with E-state index in [2.05, 4.69) is 19.9 Å². The normalized spacial score (nSPS) is 35.9. The van der Waals surface area contributed by atoms with Gasteiger partial charge in [-0.15, -0.1) is 0 Å². The van der Waals surface area contributed by atoms with E-state index in [0.29, 0.717) is 38.5 Å². The number of ether oxygens (including phenoxy) is 4. The molecule has 1 amide bonds. The molecule has 3 heterocycles. The van der Waals surface area contributed by atoms with Crippen molar-refractivity contribution in [3.63, 3.8) is 0 Å². The van der Waals surface area contributed by atoms with E-state index in [1.165, 1.54) is 19.1 Å². The second-order valence-electron chi connectivity index (χ2n) is 14.7. The highest BCUT2D eigenvalue weighted by molar-refractivity contribution is 6.39. The number of fused-ring (bicyclic) bond motifs is 3. The highest BCUT2D eigenvalue weighted by Crippen LogP contribution is 2.38. The Morgan fingerprint density at radius 2 is 1.72 bits per heavy atom. The Hall–Kier alpha value is -2.44. The van der Waals surface area contributed by atoms with E-state index in [1.54, 1.807) is 6.92 Å². The van der Waals surface area contributed by atoms with Gasteiger partial charge in [0.15, 0.2) is 0 Å². The number of amides is 1. The molecule has 2 bridgehead atoms. The zero-order chi connectivity index (χ0) is 37.2. The predicted octanol–water partition coefficient (Wildman–Crippen LogP) is 5.24. The number of allylic oxidation sites excluding steroid dienone is 3. The first kappa shape index (κ1) is 42.0. The van der Waals surface area contributed by atoms with Gasteiger partial charge in [0.25, 0.3) is 11.7 Å². The molecule has 5 unspecified atom stereocenters. The standard InChI is InChI=1S/C39H63NO10/c1-9-27(10-2)20-25(5)33-23-29(41)22-31(42)28(11-3)19-24(4)15-14-17-32(47-7)35-34(48-8)21-26(6)39(46,50-35)36(43)37(44)40-18-13-12-16-30(40)38(45)49-33/h19-20,26-30,32-35,41,46H,9-18,21-23H2,1-8H3/b24-19+,25-20+/t26?,28?,29-,30-,32-,33-,34?,35?,39?/m0/s1. The van der Waals surface area contributed by atoms with Crippen LogP contribution in [0.5, 0.6) is 0 Å². The number of methoxy groups -OCH3 is 2. The van der Waals surface area contributed by atoms with Gasteiger partial charge in [-0.1, -0.05) is 45.4 Å². The summed E-state index contributed by atoms with van der Waals surface area (Å²) in [4.78, 5) is 56.6. The molecule has 0 aromatic heterocycles. The van der Waals surface area contributed by atoms with Crippen LogP contribution < -0.4 is 0 Å². The van der Waals surface area contributed by atoms with Gasteiger partial charge in [-0.05, 0) is 89.5 Å². The van der Waals surface area contributed by atoms with Gasteiger partial charge < -0.3 is 34.1 Å². The number of hydrogen-bond acceptors (Lipinski definition) is 10. The maximum Gasteiger partial charge on any atom is 0.329 e. The minimum atomic E-state index is -2.45. The summed E-state index contributed by atoms with van der Waals surface area (Å²) in [6.45, 7) is 11.7. The molecule has 11 nitrogen and oxygen atoms in total. The summed E-state index contributed by atoms with van der Waals surface area (Å²) >= 11 is 0. The van der Waals surface area contributed by atoms with Crippen molar-refractivity contribution in [3.05, 3.63) is 23.3 Å². The number of aliphatic hydroxyl groups is 2. The van der Waals surface area contributed by atoms with Crippen LogP contribution in [-0.4, -0.2) is 102 Å². The highest BCUT2D eigenvalue weighted by Gasteiger charge is 2.56. The number of esters is 1. The smallest absolute Gasteiger partial charge is 0.329 e. The fraction of sp³-hybridized carbons (Fsp3) is 0.795. The third-order valence-corrected chi connectivity index (χ3v) is 11.1. The molecule has 284 valence electrons. The number of piperidine rings is 1. The van der Waals surface area contributed by atoms with Crippen LogP contribution in [0.25, 0.3) is 0 Å². The van der Waals surface area contributed by atoms with Crippen molar-refractivity contribution in [3.8, 4) is 0 Å². The Labute approximate surface area is 299 Å². The lowest BCUT2D eigenvalue weighted by Gasteiger charge is -2.46. The summed E-state index contributed by atoms with van der Waals surface area (Å²) in [5, 5.41) is 23.1. The number of nitrogens with zero attached hydrogens (tertiary/aromatic N) is 1. The fourth-order valence-corrected chi connectivity index (χ4v) is 7.69. The molecule has 2 saturated heterocycles. The molecule has 0 radical (unpaired) electrons. The van der Waals surface area contributed by atoms with E-state index >= 15 is 0 Å². The topological polar surface area (TPSA) is 149 Å². The Bertz CT molecular complexity index is 1230. The van der Waals surface area contributed by atoms with E-state index in [0.717, 1.165) is 24.0 Å². The molecule has 50 heavy (non-hydrogen) atoms. The molecule has 0 saturated carbocycles. The number of aliphatic hydroxyl groups excluding tert-OH is 1. The van der Waals surface area contributed by atoms with Crippen molar-refractivity contribution in [1.82, 2.24) is 4.90 Å². The van der Waals surface area contributed by atoms with Gasteiger partial charge in [0.05, 0.1) is 18.3 Å². The molecule has 3 aliphatic heterocycles. The second kappa shape index (κ2) is 19.4. The van der Waals surface area contributed by atoms with E-state index in [-0.39, 0.29) is 49.8 Å². The van der Waals surface area contributed by atoms with Gasteiger partial charge in [0, 0.05) is 45.4 Å². The van der Waals surface area contributed by atoms with Crippen molar-refractivity contribution in [2.24, 2.45) is 17.8 Å². The first-order valence-corrected chi connectivity index (χ1v) is 18.8. The third kappa shape index (κ3) is 10.3. The molecule has 2 N–H and O–H groups in total. The average Bonchev–Trinajstić information content (AvgIpc) is 3.10. The summed E-state index contributed by atoms with van der Waals surface area (Å²) in [5.74, 6) is -6.29. The Balaban J connectivity index is 2.06. The number of Topliss-reactive ketones (excluding diaryl/α,β-unsaturated/α-hetero) is 2. The fourth-order valence-electron chi connectivity index (χ4n) is 7.69. The molecule has 0 aromatic rings. The third-order valence-electron chi connectivity index (χ3n) is 11.1. The molecule has 2 fully saturated rings. The summed E-state index contributed by atoms with van der Waals surface area (Å²) in [6, 6.07) is -1.06. The Morgan fingerprint density at radius 3 is 2.34 bits per heavy atom. The SMILES string of the molecule is CCC(/C=C(\C)[C@@H]1C[C@@H](O)CC(=O)C(CC)/C=C(\C)CCC[C@H](OC)C2OC(O)(C(=O)C(=O)N3CCCC[C@H]3C(=O)O1)C(C)CC2OC)CC. The van der Waals surface area contributed by atoms with Crippen LogP contribution in [0.2, 0.25) is 0 Å². The van der Waals surface area contributed by atoms with Crippen LogP contribution >= 0.6 is 0 Å². The number of ketones is 2. The average molecular weight is 706 g/mol. The van der Waals surface area contributed by atoms with Gasteiger partial charge in [-0.25, -0.2) is 4.79 Å². The maximum absolute atomic E-state index is 14.0. The quantitative estimate of drug-likeness (QED) is 0.205. The van der Waals surface area contributed by atoms with Crippen LogP contribution in [0.3, 0.4) is 0 Å². The number of carbonyl (C=O) groups is 4.